The van der Waals surface area contributed by atoms with Crippen molar-refractivity contribution in [1.29, 1.82) is 0 Å². The number of amides is 1. The Balaban J connectivity index is 1.46. The van der Waals surface area contributed by atoms with Gasteiger partial charge in [0.2, 0.25) is 0 Å². The Hall–Kier alpha value is -2.79. The number of fused-ring (bicyclic) bond motifs is 3. The van der Waals surface area contributed by atoms with Crippen LogP contribution in [0.4, 0.5) is 0 Å². The SMILES string of the molecule is Cc1ccccc1CNC(=O)c1oc2ccc3c(c2c1C)[C@H](O)CC1(CCCCC1)O3. The van der Waals surface area contributed by atoms with Crippen LogP contribution in [0.1, 0.15) is 77.4 Å². The highest BCUT2D eigenvalue weighted by atomic mass is 16.5. The molecule has 1 spiro atoms. The van der Waals surface area contributed by atoms with Crippen molar-refractivity contribution in [1.82, 2.24) is 5.32 Å². The van der Waals surface area contributed by atoms with E-state index in [9.17, 15) is 9.90 Å². The smallest absolute Gasteiger partial charge is 0.287 e. The van der Waals surface area contributed by atoms with Gasteiger partial charge in [-0.25, -0.2) is 0 Å². The molecule has 31 heavy (non-hydrogen) atoms. The summed E-state index contributed by atoms with van der Waals surface area (Å²) in [6.07, 6.45) is 5.45. The first-order chi connectivity index (χ1) is 15.0. The maximum absolute atomic E-state index is 12.9. The van der Waals surface area contributed by atoms with Crippen LogP contribution < -0.4 is 10.1 Å². The molecule has 5 heteroatoms. The number of hydrogen-bond acceptors (Lipinski definition) is 4. The zero-order chi connectivity index (χ0) is 21.6. The van der Waals surface area contributed by atoms with Crippen LogP contribution in [0.5, 0.6) is 5.75 Å². The number of carbonyl (C=O) groups excluding carboxylic acids is 1. The molecule has 2 aromatic carbocycles. The third-order valence-electron chi connectivity index (χ3n) is 6.99. The van der Waals surface area contributed by atoms with Gasteiger partial charge in [0.1, 0.15) is 16.9 Å². The standard InChI is InChI=1S/C26H29NO4/c1-16-8-4-5-9-18(16)15-27-25(29)24-17(2)22-20(30-24)10-11-21-23(22)19(28)14-26(31-21)12-6-3-7-13-26/h4-5,8-11,19,28H,3,6-7,12-15H2,1-2H3,(H,27,29)/t19-/m1/s1. The predicted molar refractivity (Wildman–Crippen MR) is 119 cm³/mol. The van der Waals surface area contributed by atoms with Gasteiger partial charge in [0.15, 0.2) is 5.76 Å². The van der Waals surface area contributed by atoms with E-state index in [0.717, 1.165) is 59.1 Å². The molecule has 1 atom stereocenters. The number of aliphatic hydroxyl groups excluding tert-OH is 1. The zero-order valence-electron chi connectivity index (χ0n) is 18.2. The predicted octanol–water partition coefficient (Wildman–Crippen LogP) is 5.50. The summed E-state index contributed by atoms with van der Waals surface area (Å²) in [5.74, 6) is 0.770. The molecule has 1 amide bonds. The summed E-state index contributed by atoms with van der Waals surface area (Å²) in [5, 5.41) is 14.9. The van der Waals surface area contributed by atoms with Crippen molar-refractivity contribution >= 4 is 16.9 Å². The molecule has 0 saturated heterocycles. The minimum absolute atomic E-state index is 0.249. The second-order valence-electron chi connectivity index (χ2n) is 9.08. The van der Waals surface area contributed by atoms with E-state index < -0.39 is 6.10 Å². The Morgan fingerprint density at radius 1 is 1.13 bits per heavy atom. The van der Waals surface area contributed by atoms with Crippen LogP contribution in [0.25, 0.3) is 11.0 Å². The summed E-state index contributed by atoms with van der Waals surface area (Å²) in [6, 6.07) is 11.7. The molecule has 1 aromatic heterocycles. The first-order valence-corrected chi connectivity index (χ1v) is 11.2. The quantitative estimate of drug-likeness (QED) is 0.588. The van der Waals surface area contributed by atoms with Gasteiger partial charge in [0, 0.05) is 29.5 Å². The van der Waals surface area contributed by atoms with Gasteiger partial charge in [-0.2, -0.15) is 0 Å². The third kappa shape index (κ3) is 3.51. The molecular formula is C26H29NO4. The summed E-state index contributed by atoms with van der Waals surface area (Å²) in [4.78, 5) is 12.9. The summed E-state index contributed by atoms with van der Waals surface area (Å²) < 4.78 is 12.4. The molecular weight excluding hydrogens is 390 g/mol. The van der Waals surface area contributed by atoms with Crippen molar-refractivity contribution in [3.05, 3.63) is 64.4 Å². The number of aryl methyl sites for hydroxylation is 2. The lowest BCUT2D eigenvalue weighted by Gasteiger charge is -2.43. The van der Waals surface area contributed by atoms with Crippen LogP contribution in [0.15, 0.2) is 40.8 Å². The van der Waals surface area contributed by atoms with E-state index in [1.54, 1.807) is 0 Å². The lowest BCUT2D eigenvalue weighted by atomic mass is 9.77. The molecule has 1 fully saturated rings. The highest BCUT2D eigenvalue weighted by Crippen LogP contribution is 2.49. The number of ether oxygens (including phenoxy) is 1. The number of furan rings is 1. The van der Waals surface area contributed by atoms with Crippen LogP contribution in [-0.4, -0.2) is 16.6 Å². The van der Waals surface area contributed by atoms with E-state index in [0.29, 0.717) is 24.3 Å². The molecule has 2 aliphatic rings. The number of nitrogens with one attached hydrogen (secondary N) is 1. The molecule has 5 rings (SSSR count). The van der Waals surface area contributed by atoms with Crippen molar-refractivity contribution in [3.63, 3.8) is 0 Å². The first kappa shape index (κ1) is 20.1. The number of carbonyl (C=O) groups is 1. The van der Waals surface area contributed by atoms with Crippen LogP contribution in [0.2, 0.25) is 0 Å². The summed E-state index contributed by atoms with van der Waals surface area (Å²) >= 11 is 0. The largest absolute Gasteiger partial charge is 0.487 e. The number of hydrogen-bond donors (Lipinski definition) is 2. The van der Waals surface area contributed by atoms with Crippen LogP contribution >= 0.6 is 0 Å². The van der Waals surface area contributed by atoms with Crippen molar-refractivity contribution in [3.8, 4) is 5.75 Å². The Kier molecular flexibility index (Phi) is 5.01. The van der Waals surface area contributed by atoms with E-state index in [4.69, 9.17) is 9.15 Å². The summed E-state index contributed by atoms with van der Waals surface area (Å²) in [5.41, 5.74) is 4.06. The summed E-state index contributed by atoms with van der Waals surface area (Å²) in [6.45, 7) is 4.35. The fourth-order valence-corrected chi connectivity index (χ4v) is 5.28. The second kappa shape index (κ2) is 7.72. The van der Waals surface area contributed by atoms with Crippen molar-refractivity contribution in [2.75, 3.05) is 0 Å². The number of benzene rings is 2. The molecule has 0 radical (unpaired) electrons. The molecule has 0 unspecified atom stereocenters. The Morgan fingerprint density at radius 2 is 1.90 bits per heavy atom. The van der Waals surface area contributed by atoms with Crippen molar-refractivity contribution in [2.24, 2.45) is 0 Å². The molecule has 0 bridgehead atoms. The van der Waals surface area contributed by atoms with Crippen molar-refractivity contribution in [2.45, 2.75) is 70.6 Å². The molecule has 162 valence electrons. The summed E-state index contributed by atoms with van der Waals surface area (Å²) in [7, 11) is 0. The second-order valence-corrected chi connectivity index (χ2v) is 9.08. The molecule has 2 N–H and O–H groups in total. The fourth-order valence-electron chi connectivity index (χ4n) is 5.28. The van der Waals surface area contributed by atoms with Gasteiger partial charge in [0.05, 0.1) is 6.10 Å². The zero-order valence-corrected chi connectivity index (χ0v) is 18.2. The van der Waals surface area contributed by atoms with Gasteiger partial charge >= 0.3 is 0 Å². The van der Waals surface area contributed by atoms with Crippen LogP contribution in [0.3, 0.4) is 0 Å². The molecule has 1 saturated carbocycles. The van der Waals surface area contributed by atoms with Gasteiger partial charge < -0.3 is 19.6 Å². The Labute approximate surface area is 182 Å². The third-order valence-corrected chi connectivity index (χ3v) is 6.99. The van der Waals surface area contributed by atoms with Crippen molar-refractivity contribution < 1.29 is 19.1 Å². The highest BCUT2D eigenvalue weighted by Gasteiger charge is 2.42. The van der Waals surface area contributed by atoms with Gasteiger partial charge in [-0.3, -0.25) is 4.79 Å². The lowest BCUT2D eigenvalue weighted by molar-refractivity contribution is -0.0373. The topological polar surface area (TPSA) is 71.7 Å². The van der Waals surface area contributed by atoms with Crippen LogP contribution in [-0.2, 0) is 6.54 Å². The number of rotatable bonds is 3. The minimum Gasteiger partial charge on any atom is -0.487 e. The Morgan fingerprint density at radius 3 is 2.68 bits per heavy atom. The van der Waals surface area contributed by atoms with E-state index in [-0.39, 0.29) is 11.5 Å². The van der Waals surface area contributed by atoms with Gasteiger partial charge in [-0.15, -0.1) is 0 Å². The lowest BCUT2D eigenvalue weighted by Crippen LogP contribution is -2.42. The molecule has 1 aliphatic carbocycles. The molecule has 5 nitrogen and oxygen atoms in total. The van der Waals surface area contributed by atoms with E-state index in [1.807, 2.05) is 50.2 Å². The van der Waals surface area contributed by atoms with E-state index in [2.05, 4.69) is 5.32 Å². The maximum atomic E-state index is 12.9. The minimum atomic E-state index is -0.621. The fraction of sp³-hybridized carbons (Fsp3) is 0.423. The molecule has 1 aliphatic heterocycles. The average Bonchev–Trinajstić information content (AvgIpc) is 3.10. The monoisotopic (exact) mass is 419 g/mol. The van der Waals surface area contributed by atoms with Gasteiger partial charge in [-0.05, 0) is 62.8 Å². The van der Waals surface area contributed by atoms with Gasteiger partial charge in [0.25, 0.3) is 5.91 Å². The van der Waals surface area contributed by atoms with E-state index in [1.165, 1.54) is 6.42 Å². The molecule has 3 aromatic rings. The maximum Gasteiger partial charge on any atom is 0.287 e. The Bertz CT molecular complexity index is 1140. The first-order valence-electron chi connectivity index (χ1n) is 11.2. The average molecular weight is 420 g/mol. The van der Waals surface area contributed by atoms with E-state index >= 15 is 0 Å². The van der Waals surface area contributed by atoms with Crippen LogP contribution in [0, 0.1) is 13.8 Å². The highest BCUT2D eigenvalue weighted by molar-refractivity contribution is 6.00. The molecule has 2 heterocycles. The number of aliphatic hydroxyl groups is 1. The normalized spacial score (nSPS) is 19.8. The van der Waals surface area contributed by atoms with Gasteiger partial charge in [-0.1, -0.05) is 30.7 Å².